The fourth-order valence-corrected chi connectivity index (χ4v) is 2.92. The lowest BCUT2D eigenvalue weighted by Crippen LogP contribution is -2.46. The van der Waals surface area contributed by atoms with Crippen molar-refractivity contribution in [1.82, 2.24) is 15.5 Å². The normalized spacial score (nSPS) is 20.7. The molecule has 0 spiro atoms. The number of aliphatic imine (C=N–C) groups is 1. The van der Waals surface area contributed by atoms with Gasteiger partial charge in [-0.25, -0.2) is 0 Å². The molecule has 0 aromatic carbocycles. The molecule has 0 aromatic heterocycles. The summed E-state index contributed by atoms with van der Waals surface area (Å²) in [4.78, 5) is 18.5. The van der Waals surface area contributed by atoms with Gasteiger partial charge in [0.2, 0.25) is 5.91 Å². The number of carbonyl (C=O) groups excluding carboxylic acids is 1. The van der Waals surface area contributed by atoms with Crippen LogP contribution >= 0.6 is 24.0 Å². The Labute approximate surface area is 156 Å². The van der Waals surface area contributed by atoms with Gasteiger partial charge in [-0.15, -0.1) is 24.0 Å². The molecule has 2 fully saturated rings. The number of amides is 1. The van der Waals surface area contributed by atoms with E-state index in [9.17, 15) is 9.90 Å². The Balaban J connectivity index is 0.00000264. The molecule has 1 amide bonds. The number of guanidine groups is 1. The Morgan fingerprint density at radius 3 is 2.48 bits per heavy atom. The monoisotopic (exact) mass is 438 g/mol. The predicted octanol–water partition coefficient (Wildman–Crippen LogP) is 1.19. The van der Waals surface area contributed by atoms with Crippen molar-refractivity contribution in [2.45, 2.75) is 39.0 Å². The number of nitrogens with one attached hydrogen (secondary N) is 2. The highest BCUT2D eigenvalue weighted by molar-refractivity contribution is 14.0. The van der Waals surface area contributed by atoms with E-state index in [2.05, 4.69) is 22.5 Å². The molecule has 1 heterocycles. The number of halogens is 1. The van der Waals surface area contributed by atoms with Crippen molar-refractivity contribution in [1.29, 1.82) is 0 Å². The maximum absolute atomic E-state index is 11.5. The minimum atomic E-state index is 0. The summed E-state index contributed by atoms with van der Waals surface area (Å²) in [6.45, 7) is 5.77. The molecule has 0 unspecified atom stereocenters. The highest BCUT2D eigenvalue weighted by Crippen LogP contribution is 2.45. The van der Waals surface area contributed by atoms with Gasteiger partial charge in [-0.3, -0.25) is 9.79 Å². The molecule has 3 N–H and O–H groups in total. The number of rotatable bonds is 6. The maximum Gasteiger partial charge on any atom is 0.220 e. The lowest BCUT2D eigenvalue weighted by atomic mass is 9.93. The van der Waals surface area contributed by atoms with Crippen molar-refractivity contribution in [2.75, 3.05) is 39.8 Å². The molecule has 6 nitrogen and oxygen atoms in total. The number of aliphatic hydroxyl groups is 1. The first kappa shape index (κ1) is 20.5. The SMILES string of the molecule is CCNC(=NCC1(CO)CC1)N1CCC(CC(=O)NC)CC1.I. The van der Waals surface area contributed by atoms with E-state index in [1.54, 1.807) is 7.05 Å². The van der Waals surface area contributed by atoms with Gasteiger partial charge in [0.15, 0.2) is 5.96 Å². The zero-order chi connectivity index (χ0) is 16.0. The summed E-state index contributed by atoms with van der Waals surface area (Å²) >= 11 is 0. The van der Waals surface area contributed by atoms with Crippen LogP contribution in [0.3, 0.4) is 0 Å². The van der Waals surface area contributed by atoms with E-state index in [-0.39, 0.29) is 41.9 Å². The third kappa shape index (κ3) is 6.10. The van der Waals surface area contributed by atoms with Gasteiger partial charge in [-0.05, 0) is 38.5 Å². The number of piperidine rings is 1. The van der Waals surface area contributed by atoms with E-state index in [0.29, 0.717) is 18.9 Å². The van der Waals surface area contributed by atoms with Crippen LogP contribution in [-0.4, -0.2) is 61.7 Å². The number of aliphatic hydroxyl groups excluding tert-OH is 1. The molecule has 1 saturated heterocycles. The molecule has 2 rings (SSSR count). The van der Waals surface area contributed by atoms with Gasteiger partial charge >= 0.3 is 0 Å². The van der Waals surface area contributed by atoms with E-state index >= 15 is 0 Å². The van der Waals surface area contributed by atoms with Crippen LogP contribution in [-0.2, 0) is 4.79 Å². The van der Waals surface area contributed by atoms with Gasteiger partial charge in [0, 0.05) is 38.5 Å². The Morgan fingerprint density at radius 1 is 1.35 bits per heavy atom. The quantitative estimate of drug-likeness (QED) is 0.331. The molecule has 23 heavy (non-hydrogen) atoms. The number of hydrogen-bond acceptors (Lipinski definition) is 3. The van der Waals surface area contributed by atoms with E-state index in [0.717, 1.165) is 51.3 Å². The Bertz CT molecular complexity index is 405. The lowest BCUT2D eigenvalue weighted by Gasteiger charge is -2.34. The first-order chi connectivity index (χ1) is 10.6. The van der Waals surface area contributed by atoms with Crippen LogP contribution in [0.2, 0.25) is 0 Å². The third-order valence-corrected chi connectivity index (χ3v) is 4.86. The molecule has 1 aliphatic heterocycles. The molecule has 1 saturated carbocycles. The highest BCUT2D eigenvalue weighted by Gasteiger charge is 2.42. The maximum atomic E-state index is 11.5. The molecule has 0 bridgehead atoms. The van der Waals surface area contributed by atoms with Gasteiger partial charge in [0.05, 0.1) is 13.2 Å². The van der Waals surface area contributed by atoms with Gasteiger partial charge in [0.25, 0.3) is 0 Å². The average Bonchev–Trinajstić information content (AvgIpc) is 3.33. The molecular weight excluding hydrogens is 407 g/mol. The van der Waals surface area contributed by atoms with Gasteiger partial charge in [0.1, 0.15) is 0 Å². The van der Waals surface area contributed by atoms with Crippen molar-refractivity contribution in [3.63, 3.8) is 0 Å². The molecule has 0 radical (unpaired) electrons. The number of likely N-dealkylation sites (tertiary alicyclic amines) is 1. The summed E-state index contributed by atoms with van der Waals surface area (Å²) in [6, 6.07) is 0. The van der Waals surface area contributed by atoms with Crippen LogP contribution in [0, 0.1) is 11.3 Å². The second-order valence-corrected chi connectivity index (χ2v) is 6.64. The first-order valence-electron chi connectivity index (χ1n) is 8.47. The molecule has 7 heteroatoms. The Morgan fingerprint density at radius 2 is 2.00 bits per heavy atom. The molecule has 2 aliphatic rings. The zero-order valence-corrected chi connectivity index (χ0v) is 16.6. The summed E-state index contributed by atoms with van der Waals surface area (Å²) < 4.78 is 0. The predicted molar refractivity (Wildman–Crippen MR) is 103 cm³/mol. The minimum Gasteiger partial charge on any atom is -0.396 e. The molecule has 134 valence electrons. The van der Waals surface area contributed by atoms with Crippen LogP contribution in [0.5, 0.6) is 0 Å². The minimum absolute atomic E-state index is 0. The smallest absolute Gasteiger partial charge is 0.220 e. The Hall–Kier alpha value is -0.570. The van der Waals surface area contributed by atoms with E-state index < -0.39 is 0 Å². The summed E-state index contributed by atoms with van der Waals surface area (Å²) in [5.74, 6) is 1.57. The van der Waals surface area contributed by atoms with Gasteiger partial charge in [-0.2, -0.15) is 0 Å². The standard InChI is InChI=1S/C16H30N4O2.HI/c1-3-18-15(19-11-16(12-21)6-7-16)20-8-4-13(5-9-20)10-14(22)17-2;/h13,21H,3-12H2,1-2H3,(H,17,22)(H,18,19);1H. The summed E-state index contributed by atoms with van der Waals surface area (Å²) in [7, 11) is 1.70. The second kappa shape index (κ2) is 9.66. The third-order valence-electron chi connectivity index (χ3n) is 4.86. The largest absolute Gasteiger partial charge is 0.396 e. The van der Waals surface area contributed by atoms with Crippen molar-refractivity contribution in [3.8, 4) is 0 Å². The summed E-state index contributed by atoms with van der Waals surface area (Å²) in [5, 5.41) is 15.5. The molecule has 1 aliphatic carbocycles. The topological polar surface area (TPSA) is 77.0 Å². The summed E-state index contributed by atoms with van der Waals surface area (Å²) in [6.07, 6.45) is 4.86. The van der Waals surface area contributed by atoms with Crippen LogP contribution < -0.4 is 10.6 Å². The number of carbonyl (C=O) groups is 1. The molecule has 0 atom stereocenters. The lowest BCUT2D eigenvalue weighted by molar-refractivity contribution is -0.121. The Kier molecular flexibility index (Phi) is 8.60. The van der Waals surface area contributed by atoms with Crippen LogP contribution in [0.25, 0.3) is 0 Å². The van der Waals surface area contributed by atoms with Crippen molar-refractivity contribution in [2.24, 2.45) is 16.3 Å². The number of hydrogen-bond donors (Lipinski definition) is 3. The van der Waals surface area contributed by atoms with Crippen LogP contribution in [0.1, 0.15) is 39.0 Å². The second-order valence-electron chi connectivity index (χ2n) is 6.64. The zero-order valence-electron chi connectivity index (χ0n) is 14.3. The van der Waals surface area contributed by atoms with E-state index in [1.807, 2.05) is 0 Å². The fraction of sp³-hybridized carbons (Fsp3) is 0.875. The van der Waals surface area contributed by atoms with Crippen molar-refractivity contribution >= 4 is 35.8 Å². The van der Waals surface area contributed by atoms with Crippen LogP contribution in [0.4, 0.5) is 0 Å². The molecule has 0 aromatic rings. The van der Waals surface area contributed by atoms with Gasteiger partial charge < -0.3 is 20.6 Å². The van der Waals surface area contributed by atoms with Crippen LogP contribution in [0.15, 0.2) is 4.99 Å². The van der Waals surface area contributed by atoms with Gasteiger partial charge in [-0.1, -0.05) is 0 Å². The van der Waals surface area contributed by atoms with Crippen molar-refractivity contribution in [3.05, 3.63) is 0 Å². The first-order valence-corrected chi connectivity index (χ1v) is 8.47. The fourth-order valence-electron chi connectivity index (χ4n) is 2.92. The van der Waals surface area contributed by atoms with E-state index in [1.165, 1.54) is 0 Å². The summed E-state index contributed by atoms with van der Waals surface area (Å²) in [5.41, 5.74) is 0.0538. The average molecular weight is 438 g/mol. The van der Waals surface area contributed by atoms with Crippen molar-refractivity contribution < 1.29 is 9.90 Å². The highest BCUT2D eigenvalue weighted by atomic mass is 127. The number of nitrogens with zero attached hydrogens (tertiary/aromatic N) is 2. The van der Waals surface area contributed by atoms with E-state index in [4.69, 9.17) is 4.99 Å². The molecular formula is C16H31IN4O2.